The van der Waals surface area contributed by atoms with Gasteiger partial charge in [-0.25, -0.2) is 4.79 Å². The van der Waals surface area contributed by atoms with E-state index in [1.165, 1.54) is 0 Å². The van der Waals surface area contributed by atoms with Crippen molar-refractivity contribution in [2.45, 2.75) is 38.7 Å². The molecule has 0 aromatic heterocycles. The Balaban J connectivity index is 2.19. The molecule has 3 nitrogen and oxygen atoms in total. The molecule has 1 fully saturated rings. The van der Waals surface area contributed by atoms with Gasteiger partial charge in [0.15, 0.2) is 6.10 Å². The lowest BCUT2D eigenvalue weighted by Gasteiger charge is -2.11. The molecule has 3 heteroatoms. The predicted octanol–water partition coefficient (Wildman–Crippen LogP) is 1.67. The Labute approximate surface area is 72.7 Å². The molecular weight excluding hydrogens is 156 g/mol. The summed E-state index contributed by atoms with van der Waals surface area (Å²) in [6.45, 7) is 2.65. The van der Waals surface area contributed by atoms with Crippen LogP contribution in [0.25, 0.3) is 0 Å². The standard InChI is InChI=1S/C9H16O3/c1-2-3-6-12-8(9(10)11)7-4-5-7/h7-8H,2-6H2,1H3,(H,10,11). The van der Waals surface area contributed by atoms with E-state index in [4.69, 9.17) is 9.84 Å². The summed E-state index contributed by atoms with van der Waals surface area (Å²) in [5, 5.41) is 8.76. The van der Waals surface area contributed by atoms with Crippen LogP contribution in [0.3, 0.4) is 0 Å². The number of hydrogen-bond donors (Lipinski definition) is 1. The van der Waals surface area contributed by atoms with Crippen LogP contribution in [0.15, 0.2) is 0 Å². The summed E-state index contributed by atoms with van der Waals surface area (Å²) >= 11 is 0. The first kappa shape index (κ1) is 9.52. The first-order valence-corrected chi connectivity index (χ1v) is 4.60. The zero-order valence-electron chi connectivity index (χ0n) is 7.45. The molecule has 12 heavy (non-hydrogen) atoms. The Morgan fingerprint density at radius 1 is 1.67 bits per heavy atom. The molecule has 0 radical (unpaired) electrons. The summed E-state index contributed by atoms with van der Waals surface area (Å²) in [5.41, 5.74) is 0. The number of carbonyl (C=O) groups is 1. The summed E-state index contributed by atoms with van der Waals surface area (Å²) in [7, 11) is 0. The predicted molar refractivity (Wildman–Crippen MR) is 45.0 cm³/mol. The summed E-state index contributed by atoms with van der Waals surface area (Å²) in [5.74, 6) is -0.507. The van der Waals surface area contributed by atoms with E-state index in [0.29, 0.717) is 12.5 Å². The van der Waals surface area contributed by atoms with E-state index in [-0.39, 0.29) is 0 Å². The van der Waals surface area contributed by atoms with Crippen LogP contribution < -0.4 is 0 Å². The Morgan fingerprint density at radius 3 is 2.75 bits per heavy atom. The Bertz CT molecular complexity index is 152. The largest absolute Gasteiger partial charge is 0.479 e. The number of unbranched alkanes of at least 4 members (excludes halogenated alkanes) is 1. The second-order valence-corrected chi connectivity index (χ2v) is 3.32. The van der Waals surface area contributed by atoms with Crippen molar-refractivity contribution in [1.29, 1.82) is 0 Å². The molecule has 0 spiro atoms. The zero-order chi connectivity index (χ0) is 8.97. The number of aliphatic carboxylic acids is 1. The molecule has 0 aromatic rings. The number of carboxylic acids is 1. The lowest BCUT2D eigenvalue weighted by molar-refractivity contribution is -0.151. The molecular formula is C9H16O3. The maximum absolute atomic E-state index is 10.7. The highest BCUT2D eigenvalue weighted by Crippen LogP contribution is 2.34. The minimum absolute atomic E-state index is 0.291. The van der Waals surface area contributed by atoms with Gasteiger partial charge in [-0.3, -0.25) is 0 Å². The molecule has 1 aliphatic carbocycles. The molecule has 1 aliphatic rings. The molecule has 1 N–H and O–H groups in total. The highest BCUT2D eigenvalue weighted by molar-refractivity contribution is 5.73. The van der Waals surface area contributed by atoms with Gasteiger partial charge in [-0.05, 0) is 25.2 Å². The monoisotopic (exact) mass is 172 g/mol. The van der Waals surface area contributed by atoms with Crippen LogP contribution in [0, 0.1) is 5.92 Å². The first-order valence-electron chi connectivity index (χ1n) is 4.60. The first-order chi connectivity index (χ1) is 5.75. The Kier molecular flexibility index (Phi) is 3.53. The fraction of sp³-hybridized carbons (Fsp3) is 0.889. The third-order valence-electron chi connectivity index (χ3n) is 2.09. The SMILES string of the molecule is CCCCOC(C(=O)O)C1CC1. The van der Waals surface area contributed by atoms with Gasteiger partial charge in [0, 0.05) is 6.61 Å². The highest BCUT2D eigenvalue weighted by Gasteiger charge is 2.36. The van der Waals surface area contributed by atoms with Gasteiger partial charge in [-0.1, -0.05) is 13.3 Å². The van der Waals surface area contributed by atoms with Crippen LogP contribution in [0.4, 0.5) is 0 Å². The molecule has 0 saturated heterocycles. The number of hydrogen-bond acceptors (Lipinski definition) is 2. The molecule has 0 bridgehead atoms. The smallest absolute Gasteiger partial charge is 0.333 e. The second-order valence-electron chi connectivity index (χ2n) is 3.32. The summed E-state index contributed by atoms with van der Waals surface area (Å²) in [6, 6.07) is 0. The van der Waals surface area contributed by atoms with E-state index in [0.717, 1.165) is 25.7 Å². The molecule has 0 amide bonds. The van der Waals surface area contributed by atoms with E-state index < -0.39 is 12.1 Å². The van der Waals surface area contributed by atoms with Crippen molar-refractivity contribution in [2.24, 2.45) is 5.92 Å². The highest BCUT2D eigenvalue weighted by atomic mass is 16.5. The molecule has 1 unspecified atom stereocenters. The second kappa shape index (κ2) is 4.45. The van der Waals surface area contributed by atoms with Gasteiger partial charge < -0.3 is 9.84 Å². The lowest BCUT2D eigenvalue weighted by Crippen LogP contribution is -2.26. The molecule has 1 atom stereocenters. The maximum Gasteiger partial charge on any atom is 0.333 e. The third kappa shape index (κ3) is 2.81. The number of carboxylic acid groups (broad SMARTS) is 1. The Morgan fingerprint density at radius 2 is 2.33 bits per heavy atom. The van der Waals surface area contributed by atoms with Gasteiger partial charge >= 0.3 is 5.97 Å². The summed E-state index contributed by atoms with van der Waals surface area (Å²) in [4.78, 5) is 10.7. The Hall–Kier alpha value is -0.570. The maximum atomic E-state index is 10.7. The van der Waals surface area contributed by atoms with Gasteiger partial charge in [0.05, 0.1) is 0 Å². The van der Waals surface area contributed by atoms with Crippen molar-refractivity contribution >= 4 is 5.97 Å². The average Bonchev–Trinajstić information content (AvgIpc) is 2.80. The van der Waals surface area contributed by atoms with E-state index in [9.17, 15) is 4.79 Å². The van der Waals surface area contributed by atoms with Crippen LogP contribution in [-0.2, 0) is 9.53 Å². The van der Waals surface area contributed by atoms with Crippen molar-refractivity contribution in [3.8, 4) is 0 Å². The van der Waals surface area contributed by atoms with Gasteiger partial charge in [0.2, 0.25) is 0 Å². The zero-order valence-corrected chi connectivity index (χ0v) is 7.45. The third-order valence-corrected chi connectivity index (χ3v) is 2.09. The van der Waals surface area contributed by atoms with E-state index in [2.05, 4.69) is 6.92 Å². The molecule has 1 rings (SSSR count). The quantitative estimate of drug-likeness (QED) is 0.620. The topological polar surface area (TPSA) is 46.5 Å². The molecule has 0 aliphatic heterocycles. The minimum Gasteiger partial charge on any atom is -0.479 e. The van der Waals surface area contributed by atoms with Gasteiger partial charge in [-0.15, -0.1) is 0 Å². The van der Waals surface area contributed by atoms with E-state index in [1.807, 2.05) is 0 Å². The van der Waals surface area contributed by atoms with Crippen LogP contribution in [0.5, 0.6) is 0 Å². The van der Waals surface area contributed by atoms with Crippen molar-refractivity contribution in [1.82, 2.24) is 0 Å². The van der Waals surface area contributed by atoms with Crippen molar-refractivity contribution < 1.29 is 14.6 Å². The van der Waals surface area contributed by atoms with Crippen molar-refractivity contribution in [3.63, 3.8) is 0 Å². The van der Waals surface area contributed by atoms with Gasteiger partial charge in [0.25, 0.3) is 0 Å². The number of ether oxygens (including phenoxy) is 1. The number of rotatable bonds is 6. The fourth-order valence-corrected chi connectivity index (χ4v) is 1.16. The van der Waals surface area contributed by atoms with Crippen molar-refractivity contribution in [3.05, 3.63) is 0 Å². The molecule has 0 aromatic carbocycles. The van der Waals surface area contributed by atoms with Crippen LogP contribution >= 0.6 is 0 Å². The molecule has 1 saturated carbocycles. The van der Waals surface area contributed by atoms with Crippen LogP contribution in [-0.4, -0.2) is 23.8 Å². The molecule has 0 heterocycles. The normalized spacial score (nSPS) is 19.1. The van der Waals surface area contributed by atoms with Gasteiger partial charge in [0.1, 0.15) is 0 Å². The van der Waals surface area contributed by atoms with Crippen LogP contribution in [0.1, 0.15) is 32.6 Å². The fourth-order valence-electron chi connectivity index (χ4n) is 1.16. The van der Waals surface area contributed by atoms with Crippen LogP contribution in [0.2, 0.25) is 0 Å². The van der Waals surface area contributed by atoms with E-state index >= 15 is 0 Å². The van der Waals surface area contributed by atoms with Gasteiger partial charge in [-0.2, -0.15) is 0 Å². The lowest BCUT2D eigenvalue weighted by atomic mass is 10.2. The van der Waals surface area contributed by atoms with E-state index in [1.54, 1.807) is 0 Å². The minimum atomic E-state index is -0.798. The summed E-state index contributed by atoms with van der Waals surface area (Å²) < 4.78 is 5.27. The average molecular weight is 172 g/mol. The molecule has 70 valence electrons. The van der Waals surface area contributed by atoms with Crippen molar-refractivity contribution in [2.75, 3.05) is 6.61 Å². The summed E-state index contributed by atoms with van der Waals surface area (Å²) in [6.07, 6.45) is 3.51.